The van der Waals surface area contributed by atoms with Crippen molar-refractivity contribution in [2.75, 3.05) is 12.8 Å². The second kappa shape index (κ2) is 6.36. The summed E-state index contributed by atoms with van der Waals surface area (Å²) in [5, 5.41) is 0. The van der Waals surface area contributed by atoms with Crippen LogP contribution < -0.4 is 0 Å². The van der Waals surface area contributed by atoms with Gasteiger partial charge in [0.2, 0.25) is 0 Å². The number of nitrogens with zero attached hydrogens (tertiary/aromatic N) is 1. The van der Waals surface area contributed by atoms with Crippen molar-refractivity contribution in [2.24, 2.45) is 0 Å². The van der Waals surface area contributed by atoms with E-state index in [4.69, 9.17) is 0 Å². The molecule has 2 aromatic rings. The maximum absolute atomic E-state index is 13.1. The van der Waals surface area contributed by atoms with E-state index in [0.29, 0.717) is 12.1 Å². The molecule has 1 aliphatic heterocycles. The summed E-state index contributed by atoms with van der Waals surface area (Å²) in [5.74, 6) is -0.511. The summed E-state index contributed by atoms with van der Waals surface area (Å²) in [7, 11) is -3.37. The van der Waals surface area contributed by atoms with Crippen LogP contribution in [0.3, 0.4) is 0 Å². The van der Waals surface area contributed by atoms with Crippen molar-refractivity contribution in [2.45, 2.75) is 23.8 Å². The molecule has 0 radical (unpaired) electrons. The first-order valence-electron chi connectivity index (χ1n) is 7.73. The fourth-order valence-corrected chi connectivity index (χ4v) is 3.73. The summed E-state index contributed by atoms with van der Waals surface area (Å²) >= 11 is 0. The predicted molar refractivity (Wildman–Crippen MR) is 89.0 cm³/mol. The van der Waals surface area contributed by atoms with Gasteiger partial charge in [0.15, 0.2) is 9.84 Å². The van der Waals surface area contributed by atoms with E-state index < -0.39 is 9.84 Å². The molecule has 3 rings (SSSR count). The molecular formula is C18H18FNO3S. The van der Waals surface area contributed by atoms with E-state index in [2.05, 4.69) is 0 Å². The normalized spacial score (nSPS) is 17.9. The van der Waals surface area contributed by atoms with Crippen LogP contribution in [0.5, 0.6) is 0 Å². The van der Waals surface area contributed by atoms with Crippen LogP contribution in [-0.2, 0) is 9.84 Å². The van der Waals surface area contributed by atoms with Gasteiger partial charge in [-0.3, -0.25) is 4.79 Å². The summed E-state index contributed by atoms with van der Waals surface area (Å²) < 4.78 is 36.5. The highest BCUT2D eigenvalue weighted by Crippen LogP contribution is 2.33. The van der Waals surface area contributed by atoms with Crippen LogP contribution in [0.2, 0.25) is 0 Å². The number of amides is 1. The summed E-state index contributed by atoms with van der Waals surface area (Å²) in [6.45, 7) is 0.601. The first-order valence-corrected chi connectivity index (χ1v) is 9.62. The Hall–Kier alpha value is -2.21. The Kier molecular flexibility index (Phi) is 4.41. The summed E-state index contributed by atoms with van der Waals surface area (Å²) in [6.07, 6.45) is 2.79. The number of carbonyl (C=O) groups excluding carboxylic acids is 1. The zero-order chi connectivity index (χ0) is 17.3. The second-order valence-electron chi connectivity index (χ2n) is 6.01. The molecule has 1 amide bonds. The Morgan fingerprint density at radius 2 is 1.88 bits per heavy atom. The number of rotatable bonds is 3. The Balaban J connectivity index is 1.90. The predicted octanol–water partition coefficient (Wildman–Crippen LogP) is 3.21. The van der Waals surface area contributed by atoms with Crippen LogP contribution in [0.15, 0.2) is 53.4 Å². The van der Waals surface area contributed by atoms with Crippen LogP contribution in [0.1, 0.15) is 34.8 Å². The minimum Gasteiger partial charge on any atom is -0.332 e. The molecule has 0 aliphatic carbocycles. The molecule has 0 aromatic heterocycles. The third-order valence-corrected chi connectivity index (χ3v) is 5.39. The standard InChI is InChI=1S/C18H18FNO3S/c1-24(22,23)16-5-2-4-14(12-16)18(21)20-11-3-6-17(20)13-7-9-15(19)10-8-13/h2,4-5,7-10,12,17H,3,6,11H2,1H3. The van der Waals surface area contributed by atoms with Crippen molar-refractivity contribution in [3.63, 3.8) is 0 Å². The van der Waals surface area contributed by atoms with Crippen molar-refractivity contribution >= 4 is 15.7 Å². The third-order valence-electron chi connectivity index (χ3n) is 4.28. The lowest BCUT2D eigenvalue weighted by Crippen LogP contribution is -2.30. The van der Waals surface area contributed by atoms with Gasteiger partial charge in [-0.25, -0.2) is 12.8 Å². The second-order valence-corrected chi connectivity index (χ2v) is 8.02. The molecule has 1 atom stereocenters. The number of halogens is 1. The van der Waals surface area contributed by atoms with Gasteiger partial charge in [0.1, 0.15) is 5.82 Å². The average Bonchev–Trinajstić information content (AvgIpc) is 3.04. The van der Waals surface area contributed by atoms with Crippen molar-refractivity contribution in [1.82, 2.24) is 4.90 Å². The summed E-state index contributed by atoms with van der Waals surface area (Å²) in [4.78, 5) is 14.7. The Morgan fingerprint density at radius 1 is 1.17 bits per heavy atom. The van der Waals surface area contributed by atoms with E-state index in [1.54, 1.807) is 29.2 Å². The van der Waals surface area contributed by atoms with E-state index in [1.165, 1.54) is 24.3 Å². The Bertz CT molecular complexity index is 862. The number of hydrogen-bond acceptors (Lipinski definition) is 3. The fourth-order valence-electron chi connectivity index (χ4n) is 3.07. The number of sulfone groups is 1. The molecule has 1 aliphatic rings. The lowest BCUT2D eigenvalue weighted by molar-refractivity contribution is 0.0735. The smallest absolute Gasteiger partial charge is 0.254 e. The van der Waals surface area contributed by atoms with E-state index in [9.17, 15) is 17.6 Å². The number of hydrogen-bond donors (Lipinski definition) is 0. The number of likely N-dealkylation sites (tertiary alicyclic amines) is 1. The van der Waals surface area contributed by atoms with Gasteiger partial charge < -0.3 is 4.90 Å². The maximum Gasteiger partial charge on any atom is 0.254 e. The van der Waals surface area contributed by atoms with Crippen molar-refractivity contribution in [1.29, 1.82) is 0 Å². The van der Waals surface area contributed by atoms with Gasteiger partial charge in [0.05, 0.1) is 10.9 Å². The van der Waals surface area contributed by atoms with Gasteiger partial charge in [-0.05, 0) is 48.7 Å². The van der Waals surface area contributed by atoms with Gasteiger partial charge in [-0.15, -0.1) is 0 Å². The minimum absolute atomic E-state index is 0.111. The third kappa shape index (κ3) is 3.33. The SMILES string of the molecule is CS(=O)(=O)c1cccc(C(=O)N2CCCC2c2ccc(F)cc2)c1. The van der Waals surface area contributed by atoms with Gasteiger partial charge in [-0.2, -0.15) is 0 Å². The van der Waals surface area contributed by atoms with Crippen molar-refractivity contribution in [3.8, 4) is 0 Å². The quantitative estimate of drug-likeness (QED) is 0.857. The fraction of sp³-hybridized carbons (Fsp3) is 0.278. The minimum atomic E-state index is -3.37. The molecule has 0 saturated carbocycles. The Labute approximate surface area is 140 Å². The summed E-state index contributed by atoms with van der Waals surface area (Å²) in [5.41, 5.74) is 1.24. The van der Waals surface area contributed by atoms with E-state index >= 15 is 0 Å². The first-order chi connectivity index (χ1) is 11.4. The molecule has 0 bridgehead atoms. The molecule has 126 valence electrons. The molecule has 1 heterocycles. The van der Waals surface area contributed by atoms with Gasteiger partial charge >= 0.3 is 0 Å². The highest BCUT2D eigenvalue weighted by atomic mass is 32.2. The van der Waals surface area contributed by atoms with E-state index in [0.717, 1.165) is 24.7 Å². The zero-order valence-corrected chi connectivity index (χ0v) is 14.1. The van der Waals surface area contributed by atoms with Gasteiger partial charge in [-0.1, -0.05) is 18.2 Å². The number of benzene rings is 2. The van der Waals surface area contributed by atoms with Crippen LogP contribution in [0.4, 0.5) is 4.39 Å². The molecule has 1 fully saturated rings. The Morgan fingerprint density at radius 3 is 2.54 bits per heavy atom. The van der Waals surface area contributed by atoms with Crippen LogP contribution in [0.25, 0.3) is 0 Å². The maximum atomic E-state index is 13.1. The molecular weight excluding hydrogens is 329 g/mol. The van der Waals surface area contributed by atoms with Crippen molar-refractivity contribution < 1.29 is 17.6 Å². The van der Waals surface area contributed by atoms with E-state index in [1.807, 2.05) is 0 Å². The molecule has 4 nitrogen and oxygen atoms in total. The van der Waals surface area contributed by atoms with Gasteiger partial charge in [0.25, 0.3) is 5.91 Å². The number of carbonyl (C=O) groups is 1. The lowest BCUT2D eigenvalue weighted by Gasteiger charge is -2.25. The van der Waals surface area contributed by atoms with Crippen LogP contribution >= 0.6 is 0 Å². The first kappa shape index (κ1) is 16.6. The van der Waals surface area contributed by atoms with E-state index in [-0.39, 0.29) is 22.7 Å². The van der Waals surface area contributed by atoms with Crippen molar-refractivity contribution in [3.05, 3.63) is 65.5 Å². The summed E-state index contributed by atoms with van der Waals surface area (Å²) in [6, 6.07) is 12.1. The largest absolute Gasteiger partial charge is 0.332 e. The highest BCUT2D eigenvalue weighted by Gasteiger charge is 2.30. The van der Waals surface area contributed by atoms with Crippen LogP contribution in [0, 0.1) is 5.82 Å². The molecule has 1 unspecified atom stereocenters. The molecule has 0 spiro atoms. The average molecular weight is 347 g/mol. The van der Waals surface area contributed by atoms with Crippen LogP contribution in [-0.4, -0.2) is 32.0 Å². The van der Waals surface area contributed by atoms with Gasteiger partial charge in [0, 0.05) is 18.4 Å². The molecule has 6 heteroatoms. The molecule has 1 saturated heterocycles. The highest BCUT2D eigenvalue weighted by molar-refractivity contribution is 7.90. The molecule has 0 N–H and O–H groups in total. The molecule has 2 aromatic carbocycles. The zero-order valence-electron chi connectivity index (χ0n) is 13.3. The monoisotopic (exact) mass is 347 g/mol. The lowest BCUT2D eigenvalue weighted by atomic mass is 10.0. The molecule has 24 heavy (non-hydrogen) atoms. The topological polar surface area (TPSA) is 54.5 Å².